The first-order chi connectivity index (χ1) is 5.27. The standard InChI is InChI=1S/C4H8F2O5S/c1-11-3(2-7)4(5,6)12(8,9)10/h3,7H,2H2,1H3,(H,8,9,10). The Morgan fingerprint density at radius 1 is 1.58 bits per heavy atom. The van der Waals surface area contributed by atoms with Gasteiger partial charge >= 0.3 is 15.4 Å². The number of alkyl halides is 2. The SMILES string of the molecule is COC(CO)C(F)(F)S(=O)(=O)O. The number of halogens is 2. The van der Waals surface area contributed by atoms with Crippen molar-refractivity contribution in [1.29, 1.82) is 0 Å². The Morgan fingerprint density at radius 2 is 2.00 bits per heavy atom. The Balaban J connectivity index is 4.83. The molecule has 1 atom stereocenters. The summed E-state index contributed by atoms with van der Waals surface area (Å²) in [7, 11) is -4.75. The third kappa shape index (κ3) is 2.09. The predicted octanol–water partition coefficient (Wildman–Crippen LogP) is -0.526. The molecule has 0 rings (SSSR count). The van der Waals surface area contributed by atoms with Gasteiger partial charge in [0.05, 0.1) is 6.61 Å². The Hall–Kier alpha value is -0.310. The van der Waals surface area contributed by atoms with Crippen molar-refractivity contribution in [2.45, 2.75) is 11.4 Å². The van der Waals surface area contributed by atoms with Crippen molar-refractivity contribution in [2.24, 2.45) is 0 Å². The molecule has 0 aromatic heterocycles. The van der Waals surface area contributed by atoms with Crippen molar-refractivity contribution in [3.8, 4) is 0 Å². The highest BCUT2D eigenvalue weighted by atomic mass is 32.2. The highest BCUT2D eigenvalue weighted by Gasteiger charge is 2.52. The van der Waals surface area contributed by atoms with E-state index < -0.39 is 28.1 Å². The van der Waals surface area contributed by atoms with E-state index in [4.69, 9.17) is 9.66 Å². The molecule has 0 bridgehead atoms. The molecule has 0 amide bonds. The van der Waals surface area contributed by atoms with Crippen LogP contribution in [0.2, 0.25) is 0 Å². The van der Waals surface area contributed by atoms with E-state index in [9.17, 15) is 17.2 Å². The molecule has 0 aromatic rings. The second-order valence-electron chi connectivity index (χ2n) is 1.94. The van der Waals surface area contributed by atoms with E-state index in [0.717, 1.165) is 7.11 Å². The van der Waals surface area contributed by atoms with Crippen LogP contribution in [0.4, 0.5) is 8.78 Å². The van der Waals surface area contributed by atoms with Gasteiger partial charge in [0.2, 0.25) is 0 Å². The number of hydrogen-bond donors (Lipinski definition) is 2. The maximum atomic E-state index is 12.5. The number of aliphatic hydroxyl groups is 1. The van der Waals surface area contributed by atoms with Gasteiger partial charge in [0.1, 0.15) is 0 Å². The minimum atomic E-state index is -5.54. The zero-order chi connectivity index (χ0) is 9.99. The summed E-state index contributed by atoms with van der Waals surface area (Å²) in [4.78, 5) is 0. The molecular formula is C4H8F2O5S. The van der Waals surface area contributed by atoms with Gasteiger partial charge in [-0.2, -0.15) is 17.2 Å². The third-order valence-corrected chi connectivity index (χ3v) is 2.12. The van der Waals surface area contributed by atoms with E-state index in [2.05, 4.69) is 4.74 Å². The van der Waals surface area contributed by atoms with Gasteiger partial charge in [-0.1, -0.05) is 0 Å². The molecule has 0 radical (unpaired) electrons. The summed E-state index contributed by atoms with van der Waals surface area (Å²) in [6.45, 7) is -1.21. The minimum absolute atomic E-state index is 0.792. The van der Waals surface area contributed by atoms with Gasteiger partial charge in [0.15, 0.2) is 6.10 Å². The predicted molar refractivity (Wildman–Crippen MR) is 34.4 cm³/mol. The summed E-state index contributed by atoms with van der Waals surface area (Å²) in [6.07, 6.45) is -2.26. The Labute approximate surface area is 67.7 Å². The summed E-state index contributed by atoms with van der Waals surface area (Å²) < 4.78 is 57.0. The van der Waals surface area contributed by atoms with Crippen molar-refractivity contribution in [3.05, 3.63) is 0 Å². The van der Waals surface area contributed by atoms with Crippen LogP contribution in [0, 0.1) is 0 Å². The van der Waals surface area contributed by atoms with Crippen molar-refractivity contribution < 1.29 is 31.6 Å². The summed E-state index contributed by atoms with van der Waals surface area (Å²) >= 11 is 0. The lowest BCUT2D eigenvalue weighted by atomic mass is 10.4. The highest BCUT2D eigenvalue weighted by Crippen LogP contribution is 2.26. The Bertz CT molecular complexity index is 232. The first-order valence-electron chi connectivity index (χ1n) is 2.76. The molecule has 0 aromatic carbocycles. The largest absolute Gasteiger partial charge is 0.397 e. The summed E-state index contributed by atoms with van der Waals surface area (Å²) in [5.74, 6) is 0. The molecule has 12 heavy (non-hydrogen) atoms. The third-order valence-electron chi connectivity index (χ3n) is 1.17. The van der Waals surface area contributed by atoms with Crippen molar-refractivity contribution >= 4 is 10.1 Å². The van der Waals surface area contributed by atoms with Gasteiger partial charge in [0.25, 0.3) is 0 Å². The monoisotopic (exact) mass is 206 g/mol. The second-order valence-corrected chi connectivity index (χ2v) is 3.44. The lowest BCUT2D eigenvalue weighted by molar-refractivity contribution is -0.0903. The van der Waals surface area contributed by atoms with Crippen LogP contribution >= 0.6 is 0 Å². The van der Waals surface area contributed by atoms with Gasteiger partial charge in [-0.15, -0.1) is 0 Å². The quantitative estimate of drug-likeness (QED) is 0.604. The Kier molecular flexibility index (Phi) is 3.51. The van der Waals surface area contributed by atoms with E-state index in [0.29, 0.717) is 0 Å². The summed E-state index contributed by atoms with van der Waals surface area (Å²) in [6, 6.07) is 0. The Morgan fingerprint density at radius 3 is 2.08 bits per heavy atom. The van der Waals surface area contributed by atoms with E-state index in [1.165, 1.54) is 0 Å². The first kappa shape index (κ1) is 11.7. The molecule has 0 saturated heterocycles. The molecule has 2 N–H and O–H groups in total. The summed E-state index contributed by atoms with van der Waals surface area (Å²) in [5.41, 5.74) is 0. The molecule has 0 spiro atoms. The fourth-order valence-corrected chi connectivity index (χ4v) is 0.987. The fourth-order valence-electron chi connectivity index (χ4n) is 0.484. The maximum Gasteiger partial charge on any atom is 0.397 e. The van der Waals surface area contributed by atoms with Crippen LogP contribution in [0.15, 0.2) is 0 Å². The normalized spacial score (nSPS) is 16.1. The van der Waals surface area contributed by atoms with Gasteiger partial charge in [-0.05, 0) is 0 Å². The maximum absolute atomic E-state index is 12.5. The molecule has 0 aliphatic rings. The lowest BCUT2D eigenvalue weighted by Crippen LogP contribution is -2.44. The van der Waals surface area contributed by atoms with Crippen molar-refractivity contribution in [2.75, 3.05) is 13.7 Å². The van der Waals surface area contributed by atoms with Crippen LogP contribution < -0.4 is 0 Å². The minimum Gasteiger partial charge on any atom is -0.393 e. The van der Waals surface area contributed by atoms with Gasteiger partial charge in [0, 0.05) is 7.11 Å². The molecule has 5 nitrogen and oxygen atoms in total. The topological polar surface area (TPSA) is 83.8 Å². The van der Waals surface area contributed by atoms with E-state index in [1.807, 2.05) is 0 Å². The van der Waals surface area contributed by atoms with Crippen LogP contribution in [-0.4, -0.2) is 43.2 Å². The molecule has 0 aliphatic carbocycles. The molecule has 0 saturated carbocycles. The van der Waals surface area contributed by atoms with Gasteiger partial charge in [-0.25, -0.2) is 0 Å². The van der Waals surface area contributed by atoms with Crippen LogP contribution in [0.3, 0.4) is 0 Å². The number of ether oxygens (including phenoxy) is 1. The first-order valence-corrected chi connectivity index (χ1v) is 4.20. The summed E-state index contributed by atoms with van der Waals surface area (Å²) in [5, 5.41) is 3.75. The van der Waals surface area contributed by atoms with E-state index in [1.54, 1.807) is 0 Å². The smallest absolute Gasteiger partial charge is 0.393 e. The average molecular weight is 206 g/mol. The van der Waals surface area contributed by atoms with Crippen molar-refractivity contribution in [3.63, 3.8) is 0 Å². The molecule has 0 fully saturated rings. The van der Waals surface area contributed by atoms with Crippen LogP contribution in [0.5, 0.6) is 0 Å². The van der Waals surface area contributed by atoms with Crippen LogP contribution in [0.1, 0.15) is 0 Å². The molecule has 1 unspecified atom stereocenters. The molecule has 8 heteroatoms. The van der Waals surface area contributed by atoms with Gasteiger partial charge in [-0.3, -0.25) is 4.55 Å². The van der Waals surface area contributed by atoms with Crippen LogP contribution in [-0.2, 0) is 14.9 Å². The highest BCUT2D eigenvalue weighted by molar-refractivity contribution is 7.86. The second kappa shape index (κ2) is 3.60. The zero-order valence-electron chi connectivity index (χ0n) is 6.07. The molecule has 0 aliphatic heterocycles. The number of hydrogen-bond acceptors (Lipinski definition) is 4. The molecular weight excluding hydrogens is 198 g/mol. The molecule has 0 heterocycles. The number of rotatable bonds is 4. The van der Waals surface area contributed by atoms with E-state index >= 15 is 0 Å². The van der Waals surface area contributed by atoms with Crippen molar-refractivity contribution in [1.82, 2.24) is 0 Å². The zero-order valence-corrected chi connectivity index (χ0v) is 6.88. The van der Waals surface area contributed by atoms with Crippen LogP contribution in [0.25, 0.3) is 0 Å². The fraction of sp³-hybridized carbons (Fsp3) is 1.00. The van der Waals surface area contributed by atoms with E-state index in [-0.39, 0.29) is 0 Å². The number of methoxy groups -OCH3 is 1. The molecule has 74 valence electrons. The average Bonchev–Trinajstić information content (AvgIpc) is 1.87. The lowest BCUT2D eigenvalue weighted by Gasteiger charge is -2.20. The number of aliphatic hydroxyl groups excluding tert-OH is 1. The van der Waals surface area contributed by atoms with Gasteiger partial charge < -0.3 is 9.84 Å².